The van der Waals surface area contributed by atoms with Crippen molar-refractivity contribution in [2.75, 3.05) is 19.7 Å². The summed E-state index contributed by atoms with van der Waals surface area (Å²) in [6.07, 6.45) is 0. The first kappa shape index (κ1) is 22.2. The van der Waals surface area contributed by atoms with Crippen LogP contribution >= 0.6 is 15.9 Å². The Bertz CT molecular complexity index is 925. The first-order valence-electron chi connectivity index (χ1n) is 9.59. The highest BCUT2D eigenvalue weighted by molar-refractivity contribution is 9.10. The van der Waals surface area contributed by atoms with Gasteiger partial charge in [-0.25, -0.2) is 4.39 Å². The van der Waals surface area contributed by atoms with Crippen LogP contribution in [0.25, 0.3) is 0 Å². The SMILES string of the molecule is C[C@@H]1CN(C(=O)COc2ccc(Br)cc2[N+](=O)[O-])[C@@H](C)CN1Cc1ccc(F)cc1. The number of benzene rings is 2. The molecule has 30 heavy (non-hydrogen) atoms. The van der Waals surface area contributed by atoms with E-state index in [0.29, 0.717) is 24.1 Å². The van der Waals surface area contributed by atoms with Gasteiger partial charge in [-0.15, -0.1) is 0 Å². The Morgan fingerprint density at radius 3 is 2.57 bits per heavy atom. The van der Waals surface area contributed by atoms with Crippen molar-refractivity contribution in [1.82, 2.24) is 9.80 Å². The number of carbonyl (C=O) groups is 1. The first-order chi connectivity index (χ1) is 14.2. The molecule has 9 heteroatoms. The van der Waals surface area contributed by atoms with Crippen molar-refractivity contribution in [3.05, 3.63) is 68.4 Å². The molecule has 1 fully saturated rings. The van der Waals surface area contributed by atoms with Crippen molar-refractivity contribution in [2.24, 2.45) is 0 Å². The molecular weight excluding hydrogens is 457 g/mol. The van der Waals surface area contributed by atoms with E-state index in [1.54, 1.807) is 23.1 Å². The van der Waals surface area contributed by atoms with E-state index in [2.05, 4.69) is 20.8 Å². The molecule has 1 heterocycles. The largest absolute Gasteiger partial charge is 0.477 e. The molecule has 2 aromatic rings. The number of rotatable bonds is 6. The van der Waals surface area contributed by atoms with E-state index in [1.165, 1.54) is 24.3 Å². The lowest BCUT2D eigenvalue weighted by atomic mass is 10.1. The van der Waals surface area contributed by atoms with Gasteiger partial charge >= 0.3 is 5.69 Å². The summed E-state index contributed by atoms with van der Waals surface area (Å²) < 4.78 is 19.2. The maximum absolute atomic E-state index is 13.1. The quantitative estimate of drug-likeness (QED) is 0.462. The Hall–Kier alpha value is -2.52. The molecule has 7 nitrogen and oxygen atoms in total. The lowest BCUT2D eigenvalue weighted by molar-refractivity contribution is -0.385. The molecular formula is C21H23BrFN3O4. The van der Waals surface area contributed by atoms with Gasteiger partial charge in [0.15, 0.2) is 12.4 Å². The summed E-state index contributed by atoms with van der Waals surface area (Å²) in [6.45, 7) is 5.60. The van der Waals surface area contributed by atoms with Crippen LogP contribution in [0.1, 0.15) is 19.4 Å². The number of nitro groups is 1. The third-order valence-electron chi connectivity index (χ3n) is 5.20. The lowest BCUT2D eigenvalue weighted by Gasteiger charge is -2.44. The Morgan fingerprint density at radius 2 is 1.90 bits per heavy atom. The third kappa shape index (κ3) is 5.34. The molecule has 3 rings (SSSR count). The smallest absolute Gasteiger partial charge is 0.312 e. The predicted molar refractivity (Wildman–Crippen MR) is 114 cm³/mol. The molecule has 2 atom stereocenters. The zero-order valence-corrected chi connectivity index (χ0v) is 18.3. The van der Waals surface area contributed by atoms with E-state index in [9.17, 15) is 19.3 Å². The summed E-state index contributed by atoms with van der Waals surface area (Å²) in [5.74, 6) is -0.415. The van der Waals surface area contributed by atoms with Crippen LogP contribution in [0.3, 0.4) is 0 Å². The highest BCUT2D eigenvalue weighted by Crippen LogP contribution is 2.30. The molecule has 0 N–H and O–H groups in total. The minimum Gasteiger partial charge on any atom is -0.477 e. The van der Waals surface area contributed by atoms with E-state index >= 15 is 0 Å². The normalized spacial score (nSPS) is 19.5. The summed E-state index contributed by atoms with van der Waals surface area (Å²) in [5, 5.41) is 11.2. The van der Waals surface area contributed by atoms with Crippen LogP contribution in [-0.2, 0) is 11.3 Å². The fourth-order valence-corrected chi connectivity index (χ4v) is 3.92. The van der Waals surface area contributed by atoms with Gasteiger partial charge < -0.3 is 9.64 Å². The van der Waals surface area contributed by atoms with Crippen molar-refractivity contribution < 1.29 is 18.8 Å². The van der Waals surface area contributed by atoms with Gasteiger partial charge in [0.25, 0.3) is 5.91 Å². The van der Waals surface area contributed by atoms with Gasteiger partial charge in [0.1, 0.15) is 5.82 Å². The summed E-state index contributed by atoms with van der Waals surface area (Å²) >= 11 is 3.20. The lowest BCUT2D eigenvalue weighted by Crippen LogP contribution is -2.58. The van der Waals surface area contributed by atoms with E-state index < -0.39 is 4.92 Å². The summed E-state index contributed by atoms with van der Waals surface area (Å²) in [7, 11) is 0. The van der Waals surface area contributed by atoms with Gasteiger partial charge in [0, 0.05) is 42.3 Å². The molecule has 0 aromatic heterocycles. The van der Waals surface area contributed by atoms with Crippen molar-refractivity contribution in [3.63, 3.8) is 0 Å². The second-order valence-electron chi connectivity index (χ2n) is 7.46. The molecule has 2 aromatic carbocycles. The van der Waals surface area contributed by atoms with Crippen LogP contribution in [0.4, 0.5) is 10.1 Å². The van der Waals surface area contributed by atoms with Gasteiger partial charge in [-0.05, 0) is 43.7 Å². The Morgan fingerprint density at radius 1 is 1.20 bits per heavy atom. The summed E-state index contributed by atoms with van der Waals surface area (Å²) in [4.78, 5) is 27.4. The van der Waals surface area contributed by atoms with Gasteiger partial charge in [0.05, 0.1) is 4.92 Å². The molecule has 0 radical (unpaired) electrons. The molecule has 1 saturated heterocycles. The Balaban J connectivity index is 1.60. The monoisotopic (exact) mass is 479 g/mol. The maximum atomic E-state index is 13.1. The molecule has 1 amide bonds. The van der Waals surface area contributed by atoms with E-state index in [1.807, 2.05) is 13.8 Å². The zero-order chi connectivity index (χ0) is 21.8. The molecule has 1 aliphatic rings. The Labute approximate surface area is 182 Å². The van der Waals surface area contributed by atoms with E-state index in [0.717, 1.165) is 5.56 Å². The van der Waals surface area contributed by atoms with Crippen LogP contribution in [0.15, 0.2) is 46.9 Å². The van der Waals surface area contributed by atoms with E-state index in [-0.39, 0.29) is 41.9 Å². The second-order valence-corrected chi connectivity index (χ2v) is 8.37. The second kappa shape index (κ2) is 9.53. The predicted octanol–water partition coefficient (Wildman–Crippen LogP) is 4.00. The average Bonchev–Trinajstić information content (AvgIpc) is 2.70. The van der Waals surface area contributed by atoms with Crippen molar-refractivity contribution in [1.29, 1.82) is 0 Å². The van der Waals surface area contributed by atoms with Gasteiger partial charge in [0.2, 0.25) is 0 Å². The van der Waals surface area contributed by atoms with Crippen molar-refractivity contribution in [3.8, 4) is 5.75 Å². The minimum absolute atomic E-state index is 0.0438. The minimum atomic E-state index is -0.538. The topological polar surface area (TPSA) is 75.9 Å². The molecule has 160 valence electrons. The number of carbonyl (C=O) groups excluding carboxylic acids is 1. The summed E-state index contributed by atoms with van der Waals surface area (Å²) in [5.41, 5.74) is 0.823. The number of amides is 1. The van der Waals surface area contributed by atoms with Crippen molar-refractivity contribution >= 4 is 27.5 Å². The van der Waals surface area contributed by atoms with Crippen LogP contribution in [-0.4, -0.2) is 52.4 Å². The number of hydrogen-bond acceptors (Lipinski definition) is 5. The highest BCUT2D eigenvalue weighted by atomic mass is 79.9. The standard InChI is InChI=1S/C21H23BrFN3O4/c1-14-11-25(15(2)10-24(14)12-16-3-6-18(23)7-4-16)21(27)13-30-20-8-5-17(22)9-19(20)26(28)29/h3-9,14-15H,10-13H2,1-2H3/t14-,15+/m1/s1. The van der Waals surface area contributed by atoms with Crippen LogP contribution < -0.4 is 4.74 Å². The number of hydrogen-bond donors (Lipinski definition) is 0. The van der Waals surface area contributed by atoms with Gasteiger partial charge in [-0.3, -0.25) is 19.8 Å². The van der Waals surface area contributed by atoms with E-state index in [4.69, 9.17) is 4.74 Å². The zero-order valence-electron chi connectivity index (χ0n) is 16.8. The molecule has 0 bridgehead atoms. The maximum Gasteiger partial charge on any atom is 0.312 e. The molecule has 1 aliphatic heterocycles. The molecule has 0 unspecified atom stereocenters. The highest BCUT2D eigenvalue weighted by Gasteiger charge is 2.32. The molecule has 0 aliphatic carbocycles. The van der Waals surface area contributed by atoms with Crippen LogP contribution in [0.2, 0.25) is 0 Å². The number of halogens is 2. The van der Waals surface area contributed by atoms with Gasteiger partial charge in [-0.1, -0.05) is 28.1 Å². The fraction of sp³-hybridized carbons (Fsp3) is 0.381. The number of nitro benzene ring substituents is 1. The third-order valence-corrected chi connectivity index (χ3v) is 5.70. The number of ether oxygens (including phenoxy) is 1. The number of piperazine rings is 1. The van der Waals surface area contributed by atoms with Crippen LogP contribution in [0, 0.1) is 15.9 Å². The van der Waals surface area contributed by atoms with Crippen LogP contribution in [0.5, 0.6) is 5.75 Å². The number of nitrogens with zero attached hydrogens (tertiary/aromatic N) is 3. The average molecular weight is 480 g/mol. The molecule has 0 saturated carbocycles. The van der Waals surface area contributed by atoms with Crippen molar-refractivity contribution in [2.45, 2.75) is 32.5 Å². The van der Waals surface area contributed by atoms with Gasteiger partial charge in [-0.2, -0.15) is 0 Å². The summed E-state index contributed by atoms with van der Waals surface area (Å²) in [6, 6.07) is 10.9. The first-order valence-corrected chi connectivity index (χ1v) is 10.4. The molecule has 0 spiro atoms. The fourth-order valence-electron chi connectivity index (χ4n) is 3.57. The Kier molecular flexibility index (Phi) is 7.04.